The Morgan fingerprint density at radius 3 is 2.78 bits per heavy atom. The Morgan fingerprint density at radius 2 is 2.06 bits per heavy atom. The van der Waals surface area contributed by atoms with Crippen molar-refractivity contribution in [2.75, 3.05) is 39.3 Å². The van der Waals surface area contributed by atoms with Crippen LogP contribution in [0.3, 0.4) is 0 Å². The first-order valence-electron chi connectivity index (χ1n) is 6.67. The van der Waals surface area contributed by atoms with Crippen LogP contribution in [0, 0.1) is 0 Å². The number of hydrogen-bond donors (Lipinski definition) is 2. The molecular formula is C12H22N4O2. The summed E-state index contributed by atoms with van der Waals surface area (Å²) in [6, 6.07) is 0.278. The van der Waals surface area contributed by atoms with Crippen molar-refractivity contribution in [3.8, 4) is 0 Å². The molecule has 3 N–H and O–H groups in total. The highest BCUT2D eigenvalue weighted by atomic mass is 16.2. The van der Waals surface area contributed by atoms with Crippen molar-refractivity contribution >= 4 is 11.8 Å². The van der Waals surface area contributed by atoms with Crippen molar-refractivity contribution in [2.24, 2.45) is 5.73 Å². The van der Waals surface area contributed by atoms with E-state index in [0.29, 0.717) is 19.6 Å². The van der Waals surface area contributed by atoms with E-state index >= 15 is 0 Å². The minimum atomic E-state index is -0.0542. The average Bonchev–Trinajstić information content (AvgIpc) is 2.57. The zero-order valence-electron chi connectivity index (χ0n) is 10.7. The number of amides is 2. The van der Waals surface area contributed by atoms with Gasteiger partial charge in [-0.05, 0) is 19.3 Å². The number of nitrogens with one attached hydrogen (secondary N) is 1. The zero-order valence-corrected chi connectivity index (χ0v) is 10.7. The fraction of sp³-hybridized carbons (Fsp3) is 0.833. The predicted octanol–water partition coefficient (Wildman–Crippen LogP) is -1.24. The van der Waals surface area contributed by atoms with Crippen molar-refractivity contribution < 1.29 is 9.59 Å². The molecule has 2 saturated heterocycles. The molecule has 2 heterocycles. The number of likely N-dealkylation sites (tertiary alicyclic amines) is 1. The van der Waals surface area contributed by atoms with Gasteiger partial charge in [-0.1, -0.05) is 0 Å². The summed E-state index contributed by atoms with van der Waals surface area (Å²) in [4.78, 5) is 27.3. The molecule has 0 aromatic heterocycles. The van der Waals surface area contributed by atoms with Gasteiger partial charge in [0.25, 0.3) is 0 Å². The molecule has 102 valence electrons. The summed E-state index contributed by atoms with van der Waals surface area (Å²) in [5.41, 5.74) is 5.83. The van der Waals surface area contributed by atoms with E-state index in [1.165, 1.54) is 0 Å². The maximum Gasteiger partial charge on any atom is 0.239 e. The average molecular weight is 254 g/mol. The summed E-state index contributed by atoms with van der Waals surface area (Å²) in [7, 11) is 0. The molecule has 6 nitrogen and oxygen atoms in total. The Kier molecular flexibility index (Phi) is 4.54. The SMILES string of the molecule is NC1CCN(CC(=O)N2CCCNC(=O)C2)CC1. The second-order valence-corrected chi connectivity index (χ2v) is 5.13. The van der Waals surface area contributed by atoms with Crippen LogP contribution in [0.1, 0.15) is 19.3 Å². The van der Waals surface area contributed by atoms with E-state index in [0.717, 1.165) is 32.4 Å². The number of nitrogens with two attached hydrogens (primary N) is 1. The molecule has 2 amide bonds. The number of rotatable bonds is 2. The number of nitrogens with zero attached hydrogens (tertiary/aromatic N) is 2. The van der Waals surface area contributed by atoms with Gasteiger partial charge in [0.2, 0.25) is 11.8 Å². The first-order chi connectivity index (χ1) is 8.65. The van der Waals surface area contributed by atoms with Crippen molar-refractivity contribution in [3.05, 3.63) is 0 Å². The molecule has 18 heavy (non-hydrogen) atoms. The van der Waals surface area contributed by atoms with Crippen molar-refractivity contribution in [1.82, 2.24) is 15.1 Å². The molecular weight excluding hydrogens is 232 g/mol. The minimum Gasteiger partial charge on any atom is -0.354 e. The van der Waals surface area contributed by atoms with Crippen LogP contribution in [0.2, 0.25) is 0 Å². The summed E-state index contributed by atoms with van der Waals surface area (Å²) in [6.07, 6.45) is 2.74. The second kappa shape index (κ2) is 6.15. The summed E-state index contributed by atoms with van der Waals surface area (Å²) in [6.45, 7) is 3.72. The van der Waals surface area contributed by atoms with E-state index < -0.39 is 0 Å². The summed E-state index contributed by atoms with van der Waals surface area (Å²) < 4.78 is 0. The van der Waals surface area contributed by atoms with Gasteiger partial charge in [0.05, 0.1) is 13.1 Å². The van der Waals surface area contributed by atoms with Crippen molar-refractivity contribution in [2.45, 2.75) is 25.3 Å². The molecule has 0 aromatic carbocycles. The molecule has 0 radical (unpaired) electrons. The first-order valence-corrected chi connectivity index (χ1v) is 6.67. The van der Waals surface area contributed by atoms with Gasteiger partial charge in [0, 0.05) is 32.2 Å². The van der Waals surface area contributed by atoms with E-state index in [1.54, 1.807) is 4.90 Å². The lowest BCUT2D eigenvalue weighted by atomic mass is 10.1. The van der Waals surface area contributed by atoms with Gasteiger partial charge in [0.1, 0.15) is 0 Å². The van der Waals surface area contributed by atoms with E-state index in [2.05, 4.69) is 10.2 Å². The summed E-state index contributed by atoms with van der Waals surface area (Å²) in [5, 5.41) is 2.78. The molecule has 0 atom stereocenters. The maximum absolute atomic E-state index is 12.1. The largest absolute Gasteiger partial charge is 0.354 e. The predicted molar refractivity (Wildman–Crippen MR) is 67.9 cm³/mol. The molecule has 2 aliphatic heterocycles. The van der Waals surface area contributed by atoms with Gasteiger partial charge >= 0.3 is 0 Å². The highest BCUT2D eigenvalue weighted by Crippen LogP contribution is 2.08. The Balaban J connectivity index is 1.81. The molecule has 2 fully saturated rings. The highest BCUT2D eigenvalue weighted by Gasteiger charge is 2.23. The Bertz CT molecular complexity index is 313. The first kappa shape index (κ1) is 13.3. The third-order valence-corrected chi connectivity index (χ3v) is 3.61. The lowest BCUT2D eigenvalue weighted by Gasteiger charge is -2.31. The zero-order chi connectivity index (χ0) is 13.0. The summed E-state index contributed by atoms with van der Waals surface area (Å²) >= 11 is 0. The molecule has 0 aliphatic carbocycles. The fourth-order valence-electron chi connectivity index (χ4n) is 2.42. The van der Waals surface area contributed by atoms with Crippen LogP contribution >= 0.6 is 0 Å². The topological polar surface area (TPSA) is 78.7 Å². The van der Waals surface area contributed by atoms with Gasteiger partial charge < -0.3 is 16.0 Å². The smallest absolute Gasteiger partial charge is 0.239 e. The van der Waals surface area contributed by atoms with Crippen LogP contribution in [0.5, 0.6) is 0 Å². The third kappa shape index (κ3) is 3.68. The lowest BCUT2D eigenvalue weighted by Crippen LogP contribution is -2.47. The van der Waals surface area contributed by atoms with Crippen LogP contribution in [0.25, 0.3) is 0 Å². The maximum atomic E-state index is 12.1. The Labute approximate surface area is 107 Å². The molecule has 6 heteroatoms. The lowest BCUT2D eigenvalue weighted by molar-refractivity contribution is -0.136. The Hall–Kier alpha value is -1.14. The van der Waals surface area contributed by atoms with Gasteiger partial charge in [0.15, 0.2) is 0 Å². The number of hydrogen-bond acceptors (Lipinski definition) is 4. The molecule has 0 spiro atoms. The van der Waals surface area contributed by atoms with E-state index in [-0.39, 0.29) is 24.4 Å². The fourth-order valence-corrected chi connectivity index (χ4v) is 2.42. The van der Waals surface area contributed by atoms with E-state index in [4.69, 9.17) is 5.73 Å². The van der Waals surface area contributed by atoms with Crippen LogP contribution in [0.15, 0.2) is 0 Å². The Morgan fingerprint density at radius 1 is 1.33 bits per heavy atom. The normalized spacial score (nSPS) is 23.6. The number of carbonyl (C=O) groups is 2. The van der Waals surface area contributed by atoms with Crippen molar-refractivity contribution in [1.29, 1.82) is 0 Å². The van der Waals surface area contributed by atoms with Crippen LogP contribution in [0.4, 0.5) is 0 Å². The molecule has 0 bridgehead atoms. The van der Waals surface area contributed by atoms with E-state index in [9.17, 15) is 9.59 Å². The molecule has 0 unspecified atom stereocenters. The van der Waals surface area contributed by atoms with Gasteiger partial charge in [-0.25, -0.2) is 0 Å². The highest BCUT2D eigenvalue weighted by molar-refractivity contribution is 5.86. The van der Waals surface area contributed by atoms with Crippen molar-refractivity contribution in [3.63, 3.8) is 0 Å². The molecule has 0 saturated carbocycles. The van der Waals surface area contributed by atoms with Gasteiger partial charge in [-0.2, -0.15) is 0 Å². The standard InChI is InChI=1S/C12H22N4O2/c13-10-2-6-15(7-3-10)9-12(18)16-5-1-4-14-11(17)8-16/h10H,1-9,13H2,(H,14,17). The summed E-state index contributed by atoms with van der Waals surface area (Å²) in [5.74, 6) is 0.00374. The second-order valence-electron chi connectivity index (χ2n) is 5.13. The van der Waals surface area contributed by atoms with Crippen LogP contribution < -0.4 is 11.1 Å². The molecule has 2 aliphatic rings. The molecule has 2 rings (SSSR count). The number of piperidine rings is 1. The van der Waals surface area contributed by atoms with Crippen LogP contribution in [-0.4, -0.2) is 66.9 Å². The molecule has 0 aromatic rings. The number of carbonyl (C=O) groups excluding carboxylic acids is 2. The van der Waals surface area contributed by atoms with E-state index in [1.807, 2.05) is 0 Å². The third-order valence-electron chi connectivity index (χ3n) is 3.61. The van der Waals surface area contributed by atoms with Gasteiger partial charge in [-0.15, -0.1) is 0 Å². The van der Waals surface area contributed by atoms with Gasteiger partial charge in [-0.3, -0.25) is 14.5 Å². The van der Waals surface area contributed by atoms with Crippen LogP contribution in [-0.2, 0) is 9.59 Å². The monoisotopic (exact) mass is 254 g/mol. The quantitative estimate of drug-likeness (QED) is 0.646. The minimum absolute atomic E-state index is 0.0542.